The second-order valence-corrected chi connectivity index (χ2v) is 5.37. The van der Waals surface area contributed by atoms with Crippen LogP contribution in [0.3, 0.4) is 0 Å². The molecule has 0 N–H and O–H groups in total. The van der Waals surface area contributed by atoms with Crippen molar-refractivity contribution in [2.24, 2.45) is 5.41 Å². The van der Waals surface area contributed by atoms with E-state index in [1.54, 1.807) is 6.07 Å². The highest BCUT2D eigenvalue weighted by Crippen LogP contribution is 2.41. The third-order valence-electron chi connectivity index (χ3n) is 3.34. The lowest BCUT2D eigenvalue weighted by Crippen LogP contribution is -2.17. The van der Waals surface area contributed by atoms with Crippen molar-refractivity contribution in [2.75, 3.05) is 0 Å². The number of rotatable bonds is 2. The molecule has 84 valence electrons. The maximum Gasteiger partial charge on any atom is 0.124 e. The summed E-state index contributed by atoms with van der Waals surface area (Å²) >= 11 is 3.36. The summed E-state index contributed by atoms with van der Waals surface area (Å²) in [6.45, 7) is 0. The maximum absolute atomic E-state index is 12.9. The van der Waals surface area contributed by atoms with E-state index in [0.29, 0.717) is 0 Å². The molecule has 0 aliphatic heterocycles. The summed E-state index contributed by atoms with van der Waals surface area (Å²) in [5, 5.41) is 9.28. The van der Waals surface area contributed by atoms with Gasteiger partial charge in [-0.05, 0) is 37.0 Å². The van der Waals surface area contributed by atoms with Crippen molar-refractivity contribution in [1.29, 1.82) is 5.26 Å². The molecule has 0 radical (unpaired) electrons. The molecule has 1 nitrogen and oxygen atoms in total. The van der Waals surface area contributed by atoms with Crippen molar-refractivity contribution in [3.05, 3.63) is 34.1 Å². The monoisotopic (exact) mass is 281 g/mol. The summed E-state index contributed by atoms with van der Waals surface area (Å²) in [5.74, 6) is -0.243. The molecule has 3 heteroatoms. The Balaban J connectivity index is 2.23. The first kappa shape index (κ1) is 11.6. The molecule has 1 aliphatic carbocycles. The van der Waals surface area contributed by atoms with Crippen LogP contribution >= 0.6 is 15.9 Å². The lowest BCUT2D eigenvalue weighted by atomic mass is 9.81. The number of nitrogens with zero attached hydrogens (tertiary/aromatic N) is 1. The molecule has 1 aromatic rings. The molecule has 0 spiro atoms. The van der Waals surface area contributed by atoms with Crippen molar-refractivity contribution < 1.29 is 4.39 Å². The van der Waals surface area contributed by atoms with Crippen LogP contribution in [0.15, 0.2) is 22.7 Å². The predicted octanol–water partition coefficient (Wildman–Crippen LogP) is 4.21. The summed E-state index contributed by atoms with van der Waals surface area (Å²) in [7, 11) is 0. The standard InChI is InChI=1S/C13H13BrFN/c14-12-7-11(15)4-3-10(12)8-13(9-16)5-1-2-6-13/h3-4,7H,1-2,5-6,8H2. The number of benzene rings is 1. The van der Waals surface area contributed by atoms with Crippen LogP contribution in [0, 0.1) is 22.6 Å². The van der Waals surface area contributed by atoms with Gasteiger partial charge in [0.25, 0.3) is 0 Å². The van der Waals surface area contributed by atoms with Crippen LogP contribution in [0.25, 0.3) is 0 Å². The summed E-state index contributed by atoms with van der Waals surface area (Å²) in [6.07, 6.45) is 4.92. The van der Waals surface area contributed by atoms with Gasteiger partial charge in [0, 0.05) is 4.47 Å². The Kier molecular flexibility index (Phi) is 3.30. The van der Waals surface area contributed by atoms with Gasteiger partial charge in [0.05, 0.1) is 11.5 Å². The fraction of sp³-hybridized carbons (Fsp3) is 0.462. The first-order chi connectivity index (χ1) is 7.65. The van der Waals surface area contributed by atoms with E-state index in [1.165, 1.54) is 12.1 Å². The maximum atomic E-state index is 12.9. The molecular formula is C13H13BrFN. The van der Waals surface area contributed by atoms with Crippen LogP contribution in [-0.4, -0.2) is 0 Å². The third kappa shape index (κ3) is 2.27. The van der Waals surface area contributed by atoms with E-state index < -0.39 is 0 Å². The van der Waals surface area contributed by atoms with Gasteiger partial charge in [-0.1, -0.05) is 34.8 Å². The summed E-state index contributed by atoms with van der Waals surface area (Å²) in [5.41, 5.74) is 0.810. The van der Waals surface area contributed by atoms with E-state index in [-0.39, 0.29) is 11.2 Å². The van der Waals surface area contributed by atoms with Gasteiger partial charge in [0.2, 0.25) is 0 Å². The molecular weight excluding hydrogens is 269 g/mol. The minimum absolute atomic E-state index is 0.222. The van der Waals surface area contributed by atoms with Crippen molar-refractivity contribution in [3.63, 3.8) is 0 Å². The molecule has 1 fully saturated rings. The highest BCUT2D eigenvalue weighted by Gasteiger charge is 2.34. The average molecular weight is 282 g/mol. The van der Waals surface area contributed by atoms with Gasteiger partial charge in [-0.2, -0.15) is 5.26 Å². The third-order valence-corrected chi connectivity index (χ3v) is 4.08. The van der Waals surface area contributed by atoms with Gasteiger partial charge < -0.3 is 0 Å². The highest BCUT2D eigenvalue weighted by atomic mass is 79.9. The van der Waals surface area contributed by atoms with Crippen LogP contribution in [0.5, 0.6) is 0 Å². The topological polar surface area (TPSA) is 23.8 Å². The Hall–Kier alpha value is -0.880. The van der Waals surface area contributed by atoms with Gasteiger partial charge in [0.15, 0.2) is 0 Å². The zero-order valence-electron chi connectivity index (χ0n) is 8.97. The molecule has 0 saturated heterocycles. The number of halogens is 2. The van der Waals surface area contributed by atoms with Crippen molar-refractivity contribution in [2.45, 2.75) is 32.1 Å². The quantitative estimate of drug-likeness (QED) is 0.797. The Bertz CT molecular complexity index is 430. The lowest BCUT2D eigenvalue weighted by Gasteiger charge is -2.20. The van der Waals surface area contributed by atoms with Gasteiger partial charge in [0.1, 0.15) is 5.82 Å². The first-order valence-electron chi connectivity index (χ1n) is 5.50. The fourth-order valence-electron chi connectivity index (χ4n) is 2.41. The molecule has 0 unspecified atom stereocenters. The summed E-state index contributed by atoms with van der Waals surface area (Å²) in [6, 6.07) is 7.15. The zero-order chi connectivity index (χ0) is 11.6. The second-order valence-electron chi connectivity index (χ2n) is 4.51. The first-order valence-corrected chi connectivity index (χ1v) is 6.30. The summed E-state index contributed by atoms with van der Waals surface area (Å²) in [4.78, 5) is 0. The fourth-order valence-corrected chi connectivity index (χ4v) is 2.90. The minimum atomic E-state index is -0.243. The van der Waals surface area contributed by atoms with Crippen LogP contribution < -0.4 is 0 Å². The Labute approximate surface area is 103 Å². The van der Waals surface area contributed by atoms with Crippen LogP contribution in [0.2, 0.25) is 0 Å². The Morgan fingerprint density at radius 2 is 2.06 bits per heavy atom. The van der Waals surface area contributed by atoms with Crippen LogP contribution in [0.4, 0.5) is 4.39 Å². The van der Waals surface area contributed by atoms with Gasteiger partial charge in [-0.3, -0.25) is 0 Å². The number of hydrogen-bond acceptors (Lipinski definition) is 1. The molecule has 0 amide bonds. The van der Waals surface area contributed by atoms with E-state index >= 15 is 0 Å². The van der Waals surface area contributed by atoms with Gasteiger partial charge in [-0.15, -0.1) is 0 Å². The molecule has 2 rings (SSSR count). The van der Waals surface area contributed by atoms with Crippen LogP contribution in [0.1, 0.15) is 31.2 Å². The zero-order valence-corrected chi connectivity index (χ0v) is 10.6. The average Bonchev–Trinajstić information content (AvgIpc) is 2.72. The lowest BCUT2D eigenvalue weighted by molar-refractivity contribution is 0.407. The molecule has 1 aliphatic rings. The Morgan fingerprint density at radius 3 is 2.62 bits per heavy atom. The van der Waals surface area contributed by atoms with Crippen molar-refractivity contribution >= 4 is 15.9 Å². The number of hydrogen-bond donors (Lipinski definition) is 0. The molecule has 1 saturated carbocycles. The predicted molar refractivity (Wildman–Crippen MR) is 64.3 cm³/mol. The molecule has 0 heterocycles. The van der Waals surface area contributed by atoms with E-state index in [2.05, 4.69) is 22.0 Å². The second kappa shape index (κ2) is 4.55. The van der Waals surface area contributed by atoms with Crippen LogP contribution in [-0.2, 0) is 6.42 Å². The number of nitriles is 1. The van der Waals surface area contributed by atoms with E-state index in [1.807, 2.05) is 0 Å². The molecule has 1 aromatic carbocycles. The molecule has 16 heavy (non-hydrogen) atoms. The molecule has 0 aromatic heterocycles. The smallest absolute Gasteiger partial charge is 0.124 e. The van der Waals surface area contributed by atoms with E-state index in [9.17, 15) is 9.65 Å². The van der Waals surface area contributed by atoms with Crippen molar-refractivity contribution in [3.8, 4) is 6.07 Å². The van der Waals surface area contributed by atoms with Gasteiger partial charge >= 0.3 is 0 Å². The minimum Gasteiger partial charge on any atom is -0.207 e. The van der Waals surface area contributed by atoms with Gasteiger partial charge in [-0.25, -0.2) is 4.39 Å². The highest BCUT2D eigenvalue weighted by molar-refractivity contribution is 9.10. The van der Waals surface area contributed by atoms with E-state index in [4.69, 9.17) is 0 Å². The Morgan fingerprint density at radius 1 is 1.38 bits per heavy atom. The SMILES string of the molecule is N#CC1(Cc2ccc(F)cc2Br)CCCC1. The molecule has 0 atom stereocenters. The van der Waals surface area contributed by atoms with E-state index in [0.717, 1.165) is 42.1 Å². The normalized spacial score (nSPS) is 18.3. The summed E-state index contributed by atoms with van der Waals surface area (Å²) < 4.78 is 13.7. The molecule has 0 bridgehead atoms. The largest absolute Gasteiger partial charge is 0.207 e. The van der Waals surface area contributed by atoms with Crippen molar-refractivity contribution in [1.82, 2.24) is 0 Å².